The summed E-state index contributed by atoms with van der Waals surface area (Å²) in [5, 5.41) is 3.62. The van der Waals surface area contributed by atoms with Crippen LogP contribution in [-0.2, 0) is 0 Å². The Balaban J connectivity index is 1.51. The normalized spacial score (nSPS) is 10.8. The Bertz CT molecular complexity index is 1110. The number of anilines is 2. The van der Waals surface area contributed by atoms with Gasteiger partial charge in [0.25, 0.3) is 11.8 Å². The summed E-state index contributed by atoms with van der Waals surface area (Å²) in [5.74, 6) is -0.183. The largest absolute Gasteiger partial charge is 0.463 e. The molecule has 0 saturated carbocycles. The van der Waals surface area contributed by atoms with Crippen molar-refractivity contribution in [1.29, 1.82) is 0 Å². The van der Waals surface area contributed by atoms with E-state index in [1.165, 1.54) is 12.5 Å². The molecule has 0 spiro atoms. The fraction of sp³-hybridized carbons (Fsp3) is 0.0909. The average Bonchev–Trinajstić information content (AvgIpc) is 3.40. The minimum absolute atomic E-state index is 0.214. The number of hydrogen-bond acceptors (Lipinski definition) is 4. The van der Waals surface area contributed by atoms with Crippen LogP contribution in [0, 0.1) is 0 Å². The van der Waals surface area contributed by atoms with Crippen molar-refractivity contribution >= 4 is 34.2 Å². The fourth-order valence-electron chi connectivity index (χ4n) is 3.05. The fourth-order valence-corrected chi connectivity index (χ4v) is 3.05. The molecule has 0 aliphatic carbocycles. The molecule has 0 aliphatic rings. The summed E-state index contributed by atoms with van der Waals surface area (Å²) in [6.45, 7) is 2.38. The molecule has 6 heteroatoms. The first kappa shape index (κ1) is 17.6. The number of amides is 2. The van der Waals surface area contributed by atoms with Crippen LogP contribution in [0.25, 0.3) is 11.0 Å². The lowest BCUT2D eigenvalue weighted by atomic mass is 10.1. The second-order valence-electron chi connectivity index (χ2n) is 6.17. The molecule has 2 heterocycles. The van der Waals surface area contributed by atoms with Crippen LogP contribution in [0.1, 0.15) is 27.8 Å². The predicted octanol–water partition coefficient (Wildman–Crippen LogP) is 4.94. The number of rotatable bonds is 5. The molecular weight excluding hydrogens is 356 g/mol. The van der Waals surface area contributed by atoms with Crippen LogP contribution in [0.5, 0.6) is 0 Å². The van der Waals surface area contributed by atoms with Gasteiger partial charge in [-0.05, 0) is 49.4 Å². The number of fused-ring (bicyclic) bond motifs is 1. The second kappa shape index (κ2) is 7.44. The van der Waals surface area contributed by atoms with Crippen LogP contribution in [0.4, 0.5) is 11.4 Å². The van der Waals surface area contributed by atoms with Crippen LogP contribution in [-0.4, -0.2) is 18.4 Å². The third-order valence-electron chi connectivity index (χ3n) is 4.46. The average molecular weight is 374 g/mol. The van der Waals surface area contributed by atoms with Crippen molar-refractivity contribution in [1.82, 2.24) is 0 Å². The van der Waals surface area contributed by atoms with Gasteiger partial charge < -0.3 is 19.1 Å². The zero-order valence-electron chi connectivity index (χ0n) is 15.2. The van der Waals surface area contributed by atoms with Gasteiger partial charge in [0.2, 0.25) is 0 Å². The maximum atomic E-state index is 12.6. The molecule has 28 heavy (non-hydrogen) atoms. The van der Waals surface area contributed by atoms with Gasteiger partial charge in [-0.15, -0.1) is 0 Å². The van der Waals surface area contributed by atoms with Gasteiger partial charge in [0.05, 0.1) is 11.8 Å². The summed E-state index contributed by atoms with van der Waals surface area (Å²) in [6, 6.07) is 17.8. The molecule has 0 radical (unpaired) electrons. The summed E-state index contributed by atoms with van der Waals surface area (Å²) in [4.78, 5) is 26.7. The summed E-state index contributed by atoms with van der Waals surface area (Å²) in [6.07, 6.45) is 2.93. The predicted molar refractivity (Wildman–Crippen MR) is 107 cm³/mol. The van der Waals surface area contributed by atoms with E-state index in [4.69, 9.17) is 8.83 Å². The topological polar surface area (TPSA) is 75.7 Å². The Hall–Kier alpha value is -3.80. The first-order valence-electron chi connectivity index (χ1n) is 8.90. The van der Waals surface area contributed by atoms with Gasteiger partial charge >= 0.3 is 0 Å². The Kier molecular flexibility index (Phi) is 4.68. The van der Waals surface area contributed by atoms with Crippen molar-refractivity contribution in [3.63, 3.8) is 0 Å². The highest BCUT2D eigenvalue weighted by atomic mass is 16.3. The molecule has 4 aromatic rings. The van der Waals surface area contributed by atoms with Crippen molar-refractivity contribution in [2.45, 2.75) is 6.92 Å². The van der Waals surface area contributed by atoms with E-state index in [1.54, 1.807) is 41.3 Å². The zero-order chi connectivity index (χ0) is 19.5. The van der Waals surface area contributed by atoms with E-state index in [2.05, 4.69) is 5.32 Å². The van der Waals surface area contributed by atoms with Crippen molar-refractivity contribution < 1.29 is 18.4 Å². The van der Waals surface area contributed by atoms with E-state index in [0.717, 1.165) is 11.1 Å². The molecule has 140 valence electrons. The quantitative estimate of drug-likeness (QED) is 0.536. The number of furan rings is 2. The highest BCUT2D eigenvalue weighted by Crippen LogP contribution is 2.24. The number of benzene rings is 2. The van der Waals surface area contributed by atoms with E-state index in [0.29, 0.717) is 23.4 Å². The molecule has 0 bridgehead atoms. The zero-order valence-corrected chi connectivity index (χ0v) is 15.2. The van der Waals surface area contributed by atoms with Crippen LogP contribution in [0.2, 0.25) is 0 Å². The highest BCUT2D eigenvalue weighted by molar-refractivity contribution is 6.12. The molecule has 2 amide bonds. The Morgan fingerprint density at radius 2 is 1.75 bits per heavy atom. The van der Waals surface area contributed by atoms with Gasteiger partial charge in [0.1, 0.15) is 11.8 Å². The first-order chi connectivity index (χ1) is 13.7. The maximum Gasteiger partial charge on any atom is 0.293 e. The molecular formula is C22H18N2O4. The van der Waals surface area contributed by atoms with Crippen LogP contribution >= 0.6 is 0 Å². The van der Waals surface area contributed by atoms with Crippen molar-refractivity contribution in [3.05, 3.63) is 84.5 Å². The van der Waals surface area contributed by atoms with Gasteiger partial charge in [0, 0.05) is 23.3 Å². The number of nitrogens with zero attached hydrogens (tertiary/aromatic N) is 1. The molecule has 0 saturated heterocycles. The third kappa shape index (κ3) is 3.27. The van der Waals surface area contributed by atoms with Gasteiger partial charge in [-0.3, -0.25) is 9.59 Å². The van der Waals surface area contributed by atoms with Gasteiger partial charge in [-0.1, -0.05) is 18.2 Å². The maximum absolute atomic E-state index is 12.6. The lowest BCUT2D eigenvalue weighted by molar-refractivity contribution is 0.0960. The standard InChI is InChI=1S/C22H18N2O4/c1-2-24(22(26)20-8-5-13-27-20)16-11-9-15(10-12-16)23-21(25)18-14-28-19-7-4-3-6-17(18)19/h3-14H,2H2,1H3,(H,23,25). The lowest BCUT2D eigenvalue weighted by Crippen LogP contribution is -2.30. The molecule has 6 nitrogen and oxygen atoms in total. The van der Waals surface area contributed by atoms with Crippen molar-refractivity contribution in [2.75, 3.05) is 16.8 Å². The Morgan fingerprint density at radius 1 is 0.964 bits per heavy atom. The Labute approximate surface area is 161 Å². The van der Waals surface area contributed by atoms with Crippen molar-refractivity contribution in [3.8, 4) is 0 Å². The SMILES string of the molecule is CCN(C(=O)c1ccco1)c1ccc(NC(=O)c2coc3ccccc23)cc1. The smallest absolute Gasteiger partial charge is 0.293 e. The number of carbonyl (C=O) groups excluding carboxylic acids is 2. The number of para-hydroxylation sites is 1. The van der Waals surface area contributed by atoms with Crippen LogP contribution in [0.3, 0.4) is 0 Å². The van der Waals surface area contributed by atoms with Gasteiger partial charge in [0.15, 0.2) is 5.76 Å². The highest BCUT2D eigenvalue weighted by Gasteiger charge is 2.19. The summed E-state index contributed by atoms with van der Waals surface area (Å²) in [7, 11) is 0. The Morgan fingerprint density at radius 3 is 2.46 bits per heavy atom. The molecule has 2 aromatic heterocycles. The molecule has 0 fully saturated rings. The lowest BCUT2D eigenvalue weighted by Gasteiger charge is -2.20. The minimum Gasteiger partial charge on any atom is -0.463 e. The van der Waals surface area contributed by atoms with E-state index < -0.39 is 0 Å². The summed E-state index contributed by atoms with van der Waals surface area (Å²) >= 11 is 0. The summed E-state index contributed by atoms with van der Waals surface area (Å²) < 4.78 is 10.6. The molecule has 0 aliphatic heterocycles. The van der Waals surface area contributed by atoms with E-state index in [9.17, 15) is 9.59 Å². The molecule has 1 N–H and O–H groups in total. The minimum atomic E-state index is -0.253. The summed E-state index contributed by atoms with van der Waals surface area (Å²) in [5.41, 5.74) is 2.48. The first-order valence-corrected chi connectivity index (χ1v) is 8.90. The van der Waals surface area contributed by atoms with Crippen LogP contribution in [0.15, 0.2) is 82.0 Å². The molecule has 4 rings (SSSR count). The molecule has 0 atom stereocenters. The third-order valence-corrected chi connectivity index (χ3v) is 4.46. The van der Waals surface area contributed by atoms with E-state index in [1.807, 2.05) is 31.2 Å². The van der Waals surface area contributed by atoms with E-state index >= 15 is 0 Å². The van der Waals surface area contributed by atoms with Crippen molar-refractivity contribution in [2.24, 2.45) is 0 Å². The van der Waals surface area contributed by atoms with Gasteiger partial charge in [-0.25, -0.2) is 0 Å². The second-order valence-corrected chi connectivity index (χ2v) is 6.17. The van der Waals surface area contributed by atoms with E-state index in [-0.39, 0.29) is 17.6 Å². The van der Waals surface area contributed by atoms with Crippen LogP contribution < -0.4 is 10.2 Å². The number of hydrogen-bond donors (Lipinski definition) is 1. The van der Waals surface area contributed by atoms with Gasteiger partial charge in [-0.2, -0.15) is 0 Å². The number of carbonyl (C=O) groups is 2. The number of nitrogens with one attached hydrogen (secondary N) is 1. The molecule has 0 unspecified atom stereocenters. The monoisotopic (exact) mass is 374 g/mol. The molecule has 2 aromatic carbocycles.